The molecule has 24 heavy (non-hydrogen) atoms. The molecule has 0 N–H and O–H groups in total. The molecule has 0 radical (unpaired) electrons. The predicted molar refractivity (Wildman–Crippen MR) is 80.6 cm³/mol. The molecule has 0 saturated carbocycles. The minimum atomic E-state index is -2.86. The van der Waals surface area contributed by atoms with Crippen molar-refractivity contribution >= 4 is 0 Å². The fourth-order valence-electron chi connectivity index (χ4n) is 2.84. The maximum atomic E-state index is 12.4. The molecule has 1 aromatic heterocycles. The van der Waals surface area contributed by atoms with Gasteiger partial charge in [0.1, 0.15) is 24.9 Å². The van der Waals surface area contributed by atoms with Crippen molar-refractivity contribution in [2.75, 3.05) is 6.61 Å². The molecule has 2 aromatic rings. The first kappa shape index (κ1) is 16.8. The van der Waals surface area contributed by atoms with Gasteiger partial charge in [0.25, 0.3) is 0 Å². The smallest absolute Gasteiger partial charge is 0.387 e. The maximum Gasteiger partial charge on any atom is 0.387 e. The van der Waals surface area contributed by atoms with Crippen molar-refractivity contribution in [3.8, 4) is 5.75 Å². The number of alkyl halides is 2. The predicted octanol–water partition coefficient (Wildman–Crippen LogP) is 2.87. The van der Waals surface area contributed by atoms with E-state index in [2.05, 4.69) is 14.8 Å². The van der Waals surface area contributed by atoms with Crippen LogP contribution in [0.15, 0.2) is 30.9 Å². The van der Waals surface area contributed by atoms with Crippen molar-refractivity contribution in [1.82, 2.24) is 14.8 Å². The molecule has 2 atom stereocenters. The second-order valence-electron chi connectivity index (χ2n) is 5.66. The minimum Gasteiger partial charge on any atom is -0.435 e. The third-order valence-electron chi connectivity index (χ3n) is 3.98. The summed E-state index contributed by atoms with van der Waals surface area (Å²) >= 11 is 0. The molecule has 0 amide bonds. The van der Waals surface area contributed by atoms with E-state index in [9.17, 15) is 8.78 Å². The molecular formula is C16H19F2N3O3. The highest BCUT2D eigenvalue weighted by Crippen LogP contribution is 2.39. The topological polar surface area (TPSA) is 58.4 Å². The third kappa shape index (κ3) is 3.39. The Balaban J connectivity index is 1.94. The molecular weight excluding hydrogens is 320 g/mol. The van der Waals surface area contributed by atoms with E-state index < -0.39 is 12.4 Å². The molecule has 130 valence electrons. The highest BCUT2D eigenvalue weighted by Gasteiger charge is 2.44. The summed E-state index contributed by atoms with van der Waals surface area (Å²) in [5, 5.41) is 4.11. The number of hydrogen-bond acceptors (Lipinski definition) is 5. The van der Waals surface area contributed by atoms with Crippen LogP contribution in [-0.4, -0.2) is 34.1 Å². The highest BCUT2D eigenvalue weighted by atomic mass is 19.3. The van der Waals surface area contributed by atoms with Crippen LogP contribution in [0, 0.1) is 6.92 Å². The van der Waals surface area contributed by atoms with Gasteiger partial charge in [-0.25, -0.2) is 9.67 Å². The van der Waals surface area contributed by atoms with Gasteiger partial charge in [-0.2, -0.15) is 13.9 Å². The zero-order valence-electron chi connectivity index (χ0n) is 13.5. The molecule has 6 nitrogen and oxygen atoms in total. The number of aromatic nitrogens is 3. The normalized spacial score (nSPS) is 23.8. The van der Waals surface area contributed by atoms with Gasteiger partial charge in [-0.05, 0) is 37.1 Å². The lowest BCUT2D eigenvalue weighted by Gasteiger charge is -2.30. The van der Waals surface area contributed by atoms with Crippen LogP contribution in [0.2, 0.25) is 0 Å². The summed E-state index contributed by atoms with van der Waals surface area (Å²) in [4.78, 5) is 3.93. The fourth-order valence-corrected chi connectivity index (χ4v) is 2.84. The zero-order valence-corrected chi connectivity index (χ0v) is 13.5. The quantitative estimate of drug-likeness (QED) is 0.810. The highest BCUT2D eigenvalue weighted by molar-refractivity contribution is 5.37. The molecule has 2 heterocycles. The van der Waals surface area contributed by atoms with Crippen molar-refractivity contribution in [2.24, 2.45) is 0 Å². The Morgan fingerprint density at radius 2 is 2.29 bits per heavy atom. The Morgan fingerprint density at radius 3 is 2.88 bits per heavy atom. The molecule has 1 saturated heterocycles. The molecule has 0 spiro atoms. The fraction of sp³-hybridized carbons (Fsp3) is 0.500. The molecule has 1 aliphatic rings. The van der Waals surface area contributed by atoms with Crippen molar-refractivity contribution in [1.29, 1.82) is 0 Å². The molecule has 0 bridgehead atoms. The van der Waals surface area contributed by atoms with Gasteiger partial charge in [-0.1, -0.05) is 6.92 Å². The van der Waals surface area contributed by atoms with Crippen molar-refractivity contribution in [3.05, 3.63) is 42.0 Å². The lowest BCUT2D eigenvalue weighted by molar-refractivity contribution is -0.189. The van der Waals surface area contributed by atoms with Gasteiger partial charge in [-0.15, -0.1) is 0 Å². The monoisotopic (exact) mass is 339 g/mol. The minimum absolute atomic E-state index is 0.0371. The zero-order chi connectivity index (χ0) is 17.2. The second kappa shape index (κ2) is 6.82. The Morgan fingerprint density at radius 1 is 1.46 bits per heavy atom. The summed E-state index contributed by atoms with van der Waals surface area (Å²) in [7, 11) is 0. The van der Waals surface area contributed by atoms with Crippen molar-refractivity contribution in [2.45, 2.75) is 45.3 Å². The second-order valence-corrected chi connectivity index (χ2v) is 5.66. The molecule has 0 aliphatic carbocycles. The lowest BCUT2D eigenvalue weighted by Crippen LogP contribution is -2.34. The van der Waals surface area contributed by atoms with E-state index in [1.165, 1.54) is 12.4 Å². The van der Waals surface area contributed by atoms with Crippen LogP contribution in [0.1, 0.15) is 24.5 Å². The van der Waals surface area contributed by atoms with E-state index in [0.29, 0.717) is 13.2 Å². The van der Waals surface area contributed by atoms with Crippen LogP contribution < -0.4 is 4.74 Å². The number of ether oxygens (including phenoxy) is 3. The Bertz CT molecular complexity index is 681. The molecule has 1 aromatic carbocycles. The Labute approximate surface area is 138 Å². The van der Waals surface area contributed by atoms with Crippen LogP contribution in [-0.2, 0) is 21.8 Å². The van der Waals surface area contributed by atoms with Gasteiger partial charge in [0.2, 0.25) is 5.79 Å². The SMILES string of the molecule is CCC1COC(Cn2cncn2)(c2ccc(OC(F)F)cc2C)O1. The van der Waals surface area contributed by atoms with Crippen LogP contribution in [0.25, 0.3) is 0 Å². The standard InChI is InChI=1S/C16H19F2N3O3/c1-3-12-7-22-16(24-12,8-21-10-19-9-20-21)14-5-4-13(6-11(14)2)23-15(17)18/h4-6,9-10,12,15H,3,7-8H2,1-2H3. The van der Waals surface area contributed by atoms with Crippen LogP contribution in [0.4, 0.5) is 8.78 Å². The lowest BCUT2D eigenvalue weighted by atomic mass is 9.99. The van der Waals surface area contributed by atoms with E-state index >= 15 is 0 Å². The van der Waals surface area contributed by atoms with Gasteiger partial charge in [0, 0.05) is 5.56 Å². The Hall–Kier alpha value is -2.06. The number of benzene rings is 1. The van der Waals surface area contributed by atoms with Crippen LogP contribution in [0.3, 0.4) is 0 Å². The van der Waals surface area contributed by atoms with E-state index in [-0.39, 0.29) is 11.9 Å². The summed E-state index contributed by atoms with van der Waals surface area (Å²) in [6.45, 7) is 1.75. The third-order valence-corrected chi connectivity index (χ3v) is 3.98. The van der Waals surface area contributed by atoms with Gasteiger partial charge in [0.05, 0.1) is 12.7 Å². The summed E-state index contributed by atoms with van der Waals surface area (Å²) in [5.74, 6) is -0.922. The maximum absolute atomic E-state index is 12.4. The number of halogens is 2. The molecule has 8 heteroatoms. The summed E-state index contributed by atoms with van der Waals surface area (Å²) in [6.07, 6.45) is 3.79. The average molecular weight is 339 g/mol. The van der Waals surface area contributed by atoms with Gasteiger partial charge in [0.15, 0.2) is 0 Å². The van der Waals surface area contributed by atoms with E-state index in [1.807, 2.05) is 13.8 Å². The average Bonchev–Trinajstić information content (AvgIpc) is 3.17. The van der Waals surface area contributed by atoms with Gasteiger partial charge >= 0.3 is 6.61 Å². The Kier molecular flexibility index (Phi) is 4.77. The van der Waals surface area contributed by atoms with Crippen LogP contribution in [0.5, 0.6) is 5.75 Å². The number of hydrogen-bond donors (Lipinski definition) is 0. The molecule has 2 unspecified atom stereocenters. The summed E-state index contributed by atoms with van der Waals surface area (Å²) in [6, 6.07) is 4.74. The molecule has 3 rings (SSSR count). The number of aryl methyl sites for hydroxylation is 1. The van der Waals surface area contributed by atoms with E-state index in [1.54, 1.807) is 23.1 Å². The first-order chi connectivity index (χ1) is 11.5. The number of nitrogens with zero attached hydrogens (tertiary/aromatic N) is 3. The summed E-state index contributed by atoms with van der Waals surface area (Å²) < 4.78 is 43.0. The van der Waals surface area contributed by atoms with Crippen molar-refractivity contribution < 1.29 is 23.0 Å². The summed E-state index contributed by atoms with van der Waals surface area (Å²) in [5.41, 5.74) is 1.50. The molecule has 1 aliphatic heterocycles. The first-order valence-corrected chi connectivity index (χ1v) is 7.72. The van der Waals surface area contributed by atoms with Gasteiger partial charge < -0.3 is 14.2 Å². The molecule has 1 fully saturated rings. The van der Waals surface area contributed by atoms with E-state index in [4.69, 9.17) is 9.47 Å². The first-order valence-electron chi connectivity index (χ1n) is 7.72. The van der Waals surface area contributed by atoms with Crippen molar-refractivity contribution in [3.63, 3.8) is 0 Å². The van der Waals surface area contributed by atoms with E-state index in [0.717, 1.165) is 17.5 Å². The number of rotatable bonds is 6. The van der Waals surface area contributed by atoms with Gasteiger partial charge in [-0.3, -0.25) is 0 Å². The largest absolute Gasteiger partial charge is 0.435 e. The van der Waals surface area contributed by atoms with Crippen LogP contribution >= 0.6 is 0 Å².